The fourth-order valence-corrected chi connectivity index (χ4v) is 3.62. The van der Waals surface area contributed by atoms with Crippen molar-refractivity contribution in [1.82, 2.24) is 10.2 Å². The predicted molar refractivity (Wildman–Crippen MR) is 128 cm³/mol. The van der Waals surface area contributed by atoms with Gasteiger partial charge in [-0.25, -0.2) is 0 Å². The van der Waals surface area contributed by atoms with Crippen LogP contribution in [-0.4, -0.2) is 43.7 Å². The fraction of sp³-hybridized carbons (Fsp3) is 0.296. The Bertz CT molecular complexity index is 1030. The van der Waals surface area contributed by atoms with E-state index in [1.807, 2.05) is 55.5 Å². The largest absolute Gasteiger partial charge is 0.484 e. The standard InChI is InChI=1S/C27H30N2O4/c1-21-6-8-25(9-7-21)33-26-12-10-24(11-13-26)32-20-27(30)28-18-22-4-2-3-5-23(22)19-29-14-16-31-17-15-29/h2-13H,14-20H2,1H3,(H,28,30). The predicted octanol–water partition coefficient (Wildman–Crippen LogP) is 4.31. The number of rotatable bonds is 9. The van der Waals surface area contributed by atoms with Crippen LogP contribution in [0.25, 0.3) is 0 Å². The molecule has 0 atom stereocenters. The van der Waals surface area contributed by atoms with Gasteiger partial charge >= 0.3 is 0 Å². The van der Waals surface area contributed by atoms with E-state index in [0.29, 0.717) is 18.0 Å². The zero-order valence-corrected chi connectivity index (χ0v) is 19.0. The Kier molecular flexibility index (Phi) is 7.95. The molecule has 3 aromatic carbocycles. The lowest BCUT2D eigenvalue weighted by atomic mass is 10.1. The number of benzene rings is 3. The highest BCUT2D eigenvalue weighted by molar-refractivity contribution is 5.77. The van der Waals surface area contributed by atoms with Crippen molar-refractivity contribution in [3.8, 4) is 17.2 Å². The summed E-state index contributed by atoms with van der Waals surface area (Å²) in [5.41, 5.74) is 3.53. The molecular weight excluding hydrogens is 416 g/mol. The average molecular weight is 447 g/mol. The van der Waals surface area contributed by atoms with Crippen molar-refractivity contribution >= 4 is 5.91 Å². The van der Waals surface area contributed by atoms with Crippen molar-refractivity contribution in [2.75, 3.05) is 32.9 Å². The van der Waals surface area contributed by atoms with Gasteiger partial charge in [0.2, 0.25) is 0 Å². The molecule has 0 aliphatic carbocycles. The number of morpholine rings is 1. The van der Waals surface area contributed by atoms with E-state index in [2.05, 4.69) is 22.3 Å². The molecule has 33 heavy (non-hydrogen) atoms. The molecule has 0 unspecified atom stereocenters. The number of amides is 1. The monoisotopic (exact) mass is 446 g/mol. The van der Waals surface area contributed by atoms with Crippen molar-refractivity contribution in [2.45, 2.75) is 20.0 Å². The normalized spacial score (nSPS) is 14.0. The molecule has 6 nitrogen and oxygen atoms in total. The van der Waals surface area contributed by atoms with E-state index in [0.717, 1.165) is 44.2 Å². The summed E-state index contributed by atoms with van der Waals surface area (Å²) < 4.78 is 16.9. The average Bonchev–Trinajstić information content (AvgIpc) is 2.85. The summed E-state index contributed by atoms with van der Waals surface area (Å²) in [6, 6.07) is 23.4. The zero-order valence-electron chi connectivity index (χ0n) is 19.0. The van der Waals surface area contributed by atoms with Crippen LogP contribution in [0, 0.1) is 6.92 Å². The second kappa shape index (κ2) is 11.5. The molecule has 0 spiro atoms. The lowest BCUT2D eigenvalue weighted by Crippen LogP contribution is -2.36. The summed E-state index contributed by atoms with van der Waals surface area (Å²) in [5.74, 6) is 1.96. The molecule has 172 valence electrons. The summed E-state index contributed by atoms with van der Waals surface area (Å²) in [5, 5.41) is 2.96. The van der Waals surface area contributed by atoms with Crippen LogP contribution in [0.1, 0.15) is 16.7 Å². The van der Waals surface area contributed by atoms with Crippen molar-refractivity contribution in [1.29, 1.82) is 0 Å². The number of hydrogen-bond donors (Lipinski definition) is 1. The molecule has 0 bridgehead atoms. The maximum Gasteiger partial charge on any atom is 0.258 e. The molecule has 0 radical (unpaired) electrons. The van der Waals surface area contributed by atoms with Crippen LogP contribution in [0.4, 0.5) is 0 Å². The van der Waals surface area contributed by atoms with Gasteiger partial charge in [0, 0.05) is 26.2 Å². The first-order chi connectivity index (χ1) is 16.2. The maximum atomic E-state index is 12.3. The molecule has 1 amide bonds. The van der Waals surface area contributed by atoms with Crippen molar-refractivity contribution in [3.05, 3.63) is 89.5 Å². The molecule has 0 saturated carbocycles. The molecule has 1 N–H and O–H groups in total. The third-order valence-corrected chi connectivity index (χ3v) is 5.54. The lowest BCUT2D eigenvalue weighted by Gasteiger charge is -2.27. The minimum absolute atomic E-state index is 0.0379. The smallest absolute Gasteiger partial charge is 0.258 e. The molecule has 1 aliphatic rings. The minimum Gasteiger partial charge on any atom is -0.484 e. The molecule has 1 fully saturated rings. The van der Waals surface area contributed by atoms with Gasteiger partial charge in [0.25, 0.3) is 5.91 Å². The Morgan fingerprint density at radius 3 is 2.18 bits per heavy atom. The topological polar surface area (TPSA) is 60.0 Å². The van der Waals surface area contributed by atoms with Gasteiger partial charge in [-0.3, -0.25) is 9.69 Å². The van der Waals surface area contributed by atoms with E-state index in [4.69, 9.17) is 14.2 Å². The van der Waals surface area contributed by atoms with Crippen LogP contribution in [0.3, 0.4) is 0 Å². The first kappa shape index (κ1) is 22.8. The quantitative estimate of drug-likeness (QED) is 0.531. The van der Waals surface area contributed by atoms with Crippen molar-refractivity contribution < 1.29 is 19.0 Å². The van der Waals surface area contributed by atoms with Gasteiger partial charge in [0.05, 0.1) is 13.2 Å². The number of ether oxygens (including phenoxy) is 3. The molecule has 0 aromatic heterocycles. The van der Waals surface area contributed by atoms with Gasteiger partial charge in [-0.15, -0.1) is 0 Å². The van der Waals surface area contributed by atoms with Gasteiger partial charge in [0.15, 0.2) is 6.61 Å². The van der Waals surface area contributed by atoms with Crippen LogP contribution < -0.4 is 14.8 Å². The Balaban J connectivity index is 1.23. The molecule has 4 rings (SSSR count). The molecule has 3 aromatic rings. The lowest BCUT2D eigenvalue weighted by molar-refractivity contribution is -0.123. The summed E-state index contributed by atoms with van der Waals surface area (Å²) in [6.07, 6.45) is 0. The number of nitrogens with one attached hydrogen (secondary N) is 1. The summed E-state index contributed by atoms with van der Waals surface area (Å²) in [7, 11) is 0. The minimum atomic E-state index is -0.156. The number of hydrogen-bond acceptors (Lipinski definition) is 5. The SMILES string of the molecule is Cc1ccc(Oc2ccc(OCC(=O)NCc3ccccc3CN3CCOCC3)cc2)cc1. The second-order valence-corrected chi connectivity index (χ2v) is 8.11. The van der Waals surface area contributed by atoms with Crippen LogP contribution in [-0.2, 0) is 22.6 Å². The number of carbonyl (C=O) groups excluding carboxylic acids is 1. The highest BCUT2D eigenvalue weighted by Crippen LogP contribution is 2.24. The van der Waals surface area contributed by atoms with Gasteiger partial charge in [0.1, 0.15) is 17.2 Å². The van der Waals surface area contributed by atoms with E-state index in [1.54, 1.807) is 12.1 Å². The Hall–Kier alpha value is -3.35. The van der Waals surface area contributed by atoms with Crippen LogP contribution in [0.15, 0.2) is 72.8 Å². The van der Waals surface area contributed by atoms with E-state index >= 15 is 0 Å². The van der Waals surface area contributed by atoms with Gasteiger partial charge in [-0.05, 0) is 54.4 Å². The molecule has 1 heterocycles. The van der Waals surface area contributed by atoms with Crippen LogP contribution in [0.5, 0.6) is 17.2 Å². The van der Waals surface area contributed by atoms with E-state index in [1.165, 1.54) is 11.1 Å². The van der Waals surface area contributed by atoms with Crippen LogP contribution >= 0.6 is 0 Å². The van der Waals surface area contributed by atoms with Gasteiger partial charge in [-0.1, -0.05) is 42.0 Å². The third-order valence-electron chi connectivity index (χ3n) is 5.54. The summed E-state index contributed by atoms with van der Waals surface area (Å²) in [6.45, 7) is 6.76. The highest BCUT2D eigenvalue weighted by Gasteiger charge is 2.13. The Morgan fingerprint density at radius 2 is 1.48 bits per heavy atom. The van der Waals surface area contributed by atoms with Crippen molar-refractivity contribution in [3.63, 3.8) is 0 Å². The first-order valence-corrected chi connectivity index (χ1v) is 11.3. The Labute approximate surface area is 195 Å². The first-order valence-electron chi connectivity index (χ1n) is 11.3. The highest BCUT2D eigenvalue weighted by atomic mass is 16.5. The molecular formula is C27H30N2O4. The van der Waals surface area contributed by atoms with Gasteiger partial charge < -0.3 is 19.5 Å². The summed E-state index contributed by atoms with van der Waals surface area (Å²) in [4.78, 5) is 14.7. The van der Waals surface area contributed by atoms with E-state index in [-0.39, 0.29) is 12.5 Å². The third kappa shape index (κ3) is 7.07. The number of nitrogens with zero attached hydrogens (tertiary/aromatic N) is 1. The summed E-state index contributed by atoms with van der Waals surface area (Å²) >= 11 is 0. The fourth-order valence-electron chi connectivity index (χ4n) is 3.62. The number of carbonyl (C=O) groups is 1. The number of aryl methyl sites for hydroxylation is 1. The Morgan fingerprint density at radius 1 is 0.879 bits per heavy atom. The maximum absolute atomic E-state index is 12.3. The van der Waals surface area contributed by atoms with E-state index < -0.39 is 0 Å². The molecule has 1 saturated heterocycles. The van der Waals surface area contributed by atoms with Gasteiger partial charge in [-0.2, -0.15) is 0 Å². The van der Waals surface area contributed by atoms with Crippen LogP contribution in [0.2, 0.25) is 0 Å². The zero-order chi connectivity index (χ0) is 22.9. The van der Waals surface area contributed by atoms with Crippen molar-refractivity contribution in [2.24, 2.45) is 0 Å². The molecule has 6 heteroatoms. The van der Waals surface area contributed by atoms with E-state index in [9.17, 15) is 4.79 Å². The molecule has 1 aliphatic heterocycles. The second-order valence-electron chi connectivity index (χ2n) is 8.11.